The van der Waals surface area contributed by atoms with Gasteiger partial charge in [0.15, 0.2) is 0 Å². The van der Waals surface area contributed by atoms with Crippen molar-refractivity contribution < 1.29 is 5.11 Å². The van der Waals surface area contributed by atoms with Crippen LogP contribution in [0.4, 0.5) is 0 Å². The molecule has 78 valence electrons. The van der Waals surface area contributed by atoms with E-state index in [9.17, 15) is 5.11 Å². The first-order valence-corrected chi connectivity index (χ1v) is 5.62. The normalized spacial score (nSPS) is 12.7. The maximum Gasteiger partial charge on any atom is 0.111 e. The van der Waals surface area contributed by atoms with Crippen molar-refractivity contribution >= 4 is 22.6 Å². The number of halogens is 1. The number of aliphatic hydroxyl groups excluding tert-OH is 1. The lowest BCUT2D eigenvalue weighted by molar-refractivity contribution is 0.173. The smallest absolute Gasteiger partial charge is 0.111 e. The van der Waals surface area contributed by atoms with Gasteiger partial charge in [-0.3, -0.25) is 0 Å². The molecule has 1 aromatic carbocycles. The first-order chi connectivity index (χ1) is 7.25. The summed E-state index contributed by atoms with van der Waals surface area (Å²) in [5.41, 5.74) is 1.67. The molecule has 4 nitrogen and oxygen atoms in total. The highest BCUT2D eigenvalue weighted by molar-refractivity contribution is 14.1. The van der Waals surface area contributed by atoms with Gasteiger partial charge in [0.25, 0.3) is 0 Å². The quantitative estimate of drug-likeness (QED) is 0.847. The number of aromatic nitrogens is 3. The zero-order valence-electron chi connectivity index (χ0n) is 7.89. The fraction of sp³-hybridized carbons (Fsp3) is 0.200. The molecule has 0 bridgehead atoms. The summed E-state index contributed by atoms with van der Waals surface area (Å²) in [4.78, 5) is 0. The van der Waals surface area contributed by atoms with E-state index >= 15 is 0 Å². The van der Waals surface area contributed by atoms with Gasteiger partial charge in [0.1, 0.15) is 11.8 Å². The van der Waals surface area contributed by atoms with E-state index in [4.69, 9.17) is 0 Å². The molecule has 2 rings (SSSR count). The highest BCUT2D eigenvalue weighted by Crippen LogP contribution is 2.16. The Kier molecular flexibility index (Phi) is 3.32. The molecule has 15 heavy (non-hydrogen) atoms. The SMILES string of the molecule is OC(Cc1ccc(I)cc1)c1cn[nH]n1. The van der Waals surface area contributed by atoms with Crippen molar-refractivity contribution in [3.05, 3.63) is 45.3 Å². The van der Waals surface area contributed by atoms with Crippen LogP contribution in [0.25, 0.3) is 0 Å². The van der Waals surface area contributed by atoms with Gasteiger partial charge in [-0.2, -0.15) is 15.4 Å². The van der Waals surface area contributed by atoms with Gasteiger partial charge in [-0.15, -0.1) is 0 Å². The molecule has 1 atom stereocenters. The average molecular weight is 315 g/mol. The first kappa shape index (κ1) is 10.6. The summed E-state index contributed by atoms with van der Waals surface area (Å²) in [7, 11) is 0. The van der Waals surface area contributed by atoms with Crippen LogP contribution in [0.2, 0.25) is 0 Å². The summed E-state index contributed by atoms with van der Waals surface area (Å²) in [6.45, 7) is 0. The van der Waals surface area contributed by atoms with Gasteiger partial charge < -0.3 is 5.11 Å². The van der Waals surface area contributed by atoms with Crippen molar-refractivity contribution in [1.82, 2.24) is 15.4 Å². The number of H-pyrrole nitrogens is 1. The van der Waals surface area contributed by atoms with E-state index in [2.05, 4.69) is 38.0 Å². The maximum absolute atomic E-state index is 9.81. The molecule has 2 N–H and O–H groups in total. The minimum atomic E-state index is -0.594. The predicted molar refractivity (Wildman–Crippen MR) is 64.2 cm³/mol. The number of aliphatic hydroxyl groups is 1. The summed E-state index contributed by atoms with van der Waals surface area (Å²) in [6.07, 6.45) is 1.50. The Morgan fingerprint density at radius 2 is 2.07 bits per heavy atom. The molecule has 5 heteroatoms. The highest BCUT2D eigenvalue weighted by atomic mass is 127. The van der Waals surface area contributed by atoms with Gasteiger partial charge in [0.05, 0.1) is 6.20 Å². The van der Waals surface area contributed by atoms with Crippen LogP contribution in [0.3, 0.4) is 0 Å². The third-order valence-electron chi connectivity index (χ3n) is 2.12. The lowest BCUT2D eigenvalue weighted by Crippen LogP contribution is -2.02. The molecule has 0 amide bonds. The Morgan fingerprint density at radius 1 is 1.33 bits per heavy atom. The predicted octanol–water partition coefficient (Wildman–Crippen LogP) is 1.69. The number of hydrogen-bond donors (Lipinski definition) is 2. The van der Waals surface area contributed by atoms with Gasteiger partial charge in [-0.1, -0.05) is 12.1 Å². The Hall–Kier alpha value is -0.950. The van der Waals surface area contributed by atoms with Crippen molar-refractivity contribution in [2.75, 3.05) is 0 Å². The van der Waals surface area contributed by atoms with Crippen molar-refractivity contribution in [2.45, 2.75) is 12.5 Å². The van der Waals surface area contributed by atoms with E-state index in [0.717, 1.165) is 5.56 Å². The van der Waals surface area contributed by atoms with E-state index in [-0.39, 0.29) is 0 Å². The molecule has 2 aromatic rings. The number of rotatable bonds is 3. The van der Waals surface area contributed by atoms with Crippen molar-refractivity contribution in [3.63, 3.8) is 0 Å². The minimum absolute atomic E-state index is 0.559. The number of nitrogens with zero attached hydrogens (tertiary/aromatic N) is 2. The van der Waals surface area contributed by atoms with Crippen LogP contribution in [0.15, 0.2) is 30.5 Å². The van der Waals surface area contributed by atoms with Crippen LogP contribution >= 0.6 is 22.6 Å². The third-order valence-corrected chi connectivity index (χ3v) is 2.84. The van der Waals surface area contributed by atoms with Gasteiger partial charge in [0.2, 0.25) is 0 Å². The van der Waals surface area contributed by atoms with E-state index < -0.39 is 6.10 Å². The Balaban J connectivity index is 2.06. The molecule has 0 aliphatic heterocycles. The van der Waals surface area contributed by atoms with Crippen LogP contribution in [-0.2, 0) is 6.42 Å². The van der Waals surface area contributed by atoms with E-state index in [1.165, 1.54) is 9.77 Å². The largest absolute Gasteiger partial charge is 0.386 e. The number of hydrogen-bond acceptors (Lipinski definition) is 3. The molecule has 0 aliphatic rings. The second-order valence-corrected chi connectivity index (χ2v) is 4.49. The van der Waals surface area contributed by atoms with Crippen molar-refractivity contribution in [1.29, 1.82) is 0 Å². The highest BCUT2D eigenvalue weighted by Gasteiger charge is 2.10. The van der Waals surface area contributed by atoms with Crippen LogP contribution in [0.5, 0.6) is 0 Å². The summed E-state index contributed by atoms with van der Waals surface area (Å²) in [5, 5.41) is 19.8. The Labute approximate surface area is 101 Å². The fourth-order valence-electron chi connectivity index (χ4n) is 1.32. The summed E-state index contributed by atoms with van der Waals surface area (Å²) >= 11 is 2.25. The van der Waals surface area contributed by atoms with Gasteiger partial charge >= 0.3 is 0 Å². The van der Waals surface area contributed by atoms with E-state index in [1.54, 1.807) is 0 Å². The van der Waals surface area contributed by atoms with Gasteiger partial charge in [-0.05, 0) is 40.3 Å². The number of aromatic amines is 1. The van der Waals surface area contributed by atoms with Crippen LogP contribution < -0.4 is 0 Å². The zero-order chi connectivity index (χ0) is 10.7. The fourth-order valence-corrected chi connectivity index (χ4v) is 1.68. The first-order valence-electron chi connectivity index (χ1n) is 4.54. The lowest BCUT2D eigenvalue weighted by atomic mass is 10.1. The molecule has 0 spiro atoms. The lowest BCUT2D eigenvalue weighted by Gasteiger charge is -2.06. The van der Waals surface area contributed by atoms with Crippen LogP contribution in [0, 0.1) is 3.57 Å². The second-order valence-electron chi connectivity index (χ2n) is 3.24. The Bertz CT molecular complexity index is 413. The van der Waals surface area contributed by atoms with E-state index in [0.29, 0.717) is 12.1 Å². The van der Waals surface area contributed by atoms with Crippen molar-refractivity contribution in [3.8, 4) is 0 Å². The Morgan fingerprint density at radius 3 is 2.67 bits per heavy atom. The zero-order valence-corrected chi connectivity index (χ0v) is 10.0. The third kappa shape index (κ3) is 2.75. The number of benzene rings is 1. The average Bonchev–Trinajstić information content (AvgIpc) is 2.74. The molecular formula is C10H10IN3O. The molecule has 0 fully saturated rings. The summed E-state index contributed by atoms with van der Waals surface area (Å²) in [5.74, 6) is 0. The molecule has 1 aromatic heterocycles. The molecule has 0 radical (unpaired) electrons. The summed E-state index contributed by atoms with van der Waals surface area (Å²) < 4.78 is 1.19. The van der Waals surface area contributed by atoms with Crippen LogP contribution in [-0.4, -0.2) is 20.5 Å². The van der Waals surface area contributed by atoms with Crippen LogP contribution in [0.1, 0.15) is 17.4 Å². The molecule has 1 unspecified atom stereocenters. The molecule has 0 aliphatic carbocycles. The van der Waals surface area contributed by atoms with E-state index in [1.807, 2.05) is 24.3 Å². The minimum Gasteiger partial charge on any atom is -0.386 e. The molecule has 0 saturated heterocycles. The molecular weight excluding hydrogens is 305 g/mol. The van der Waals surface area contributed by atoms with Crippen molar-refractivity contribution in [2.24, 2.45) is 0 Å². The summed E-state index contributed by atoms with van der Waals surface area (Å²) in [6, 6.07) is 8.05. The second kappa shape index (κ2) is 4.71. The monoisotopic (exact) mass is 315 g/mol. The topological polar surface area (TPSA) is 61.8 Å². The molecule has 0 saturated carbocycles. The number of nitrogens with one attached hydrogen (secondary N) is 1. The molecule has 1 heterocycles. The van der Waals surface area contributed by atoms with Gasteiger partial charge in [-0.25, -0.2) is 0 Å². The van der Waals surface area contributed by atoms with Gasteiger partial charge in [0, 0.05) is 9.99 Å². The standard InChI is InChI=1S/C10H10IN3O/c11-8-3-1-7(2-4-8)5-10(15)9-6-12-14-13-9/h1-4,6,10,15H,5H2,(H,12,13,14). The maximum atomic E-state index is 9.81.